The van der Waals surface area contributed by atoms with Gasteiger partial charge in [-0.2, -0.15) is 0 Å². The lowest BCUT2D eigenvalue weighted by molar-refractivity contribution is -0.140. The van der Waals surface area contributed by atoms with Crippen LogP contribution in [0.15, 0.2) is 46.9 Å². The molecule has 6 nitrogen and oxygen atoms in total. The second-order valence-electron chi connectivity index (χ2n) is 7.68. The maximum atomic E-state index is 13.2. The van der Waals surface area contributed by atoms with Gasteiger partial charge in [0.15, 0.2) is 11.5 Å². The first-order valence-electron chi connectivity index (χ1n) is 10.3. The first kappa shape index (κ1) is 24.7. The van der Waals surface area contributed by atoms with E-state index in [-0.39, 0.29) is 24.3 Å². The number of hydrogen-bond donors (Lipinski definition) is 1. The molecule has 2 aromatic rings. The number of nitrogens with zero attached hydrogens (tertiary/aromatic N) is 1. The summed E-state index contributed by atoms with van der Waals surface area (Å²) in [6, 6.07) is 12.8. The highest BCUT2D eigenvalue weighted by Crippen LogP contribution is 2.28. The van der Waals surface area contributed by atoms with Gasteiger partial charge in [-0.05, 0) is 62.6 Å². The van der Waals surface area contributed by atoms with E-state index in [2.05, 4.69) is 21.2 Å². The monoisotopic (exact) mass is 490 g/mol. The second kappa shape index (κ2) is 11.7. The normalized spacial score (nSPS) is 11.7. The van der Waals surface area contributed by atoms with E-state index in [1.54, 1.807) is 26.0 Å². The fourth-order valence-corrected chi connectivity index (χ4v) is 3.70. The number of ether oxygens (including phenoxy) is 2. The smallest absolute Gasteiger partial charge is 0.242 e. The molecule has 1 N–H and O–H groups in total. The van der Waals surface area contributed by atoms with E-state index < -0.39 is 6.04 Å². The van der Waals surface area contributed by atoms with E-state index in [1.165, 1.54) is 0 Å². The third-order valence-electron chi connectivity index (χ3n) is 4.92. The average molecular weight is 491 g/mol. The van der Waals surface area contributed by atoms with Crippen LogP contribution in [0.3, 0.4) is 0 Å². The minimum absolute atomic E-state index is 0.00420. The molecule has 2 amide bonds. The molecular formula is C24H31BrN2O4. The molecule has 0 aliphatic carbocycles. The molecule has 0 aliphatic heterocycles. The molecule has 2 rings (SSSR count). The molecule has 0 saturated heterocycles. The van der Waals surface area contributed by atoms with Gasteiger partial charge in [-0.15, -0.1) is 0 Å². The van der Waals surface area contributed by atoms with Crippen molar-refractivity contribution in [2.24, 2.45) is 0 Å². The Balaban J connectivity index is 2.17. The standard InChI is InChI=1S/C24H31BrN2O4/c1-16(2)26-24(29)17(3)27(15-19-7-6-8-20(25)13-19)23(28)12-10-18-9-11-21(30-4)22(14-18)31-5/h6-9,11,13-14,16-17H,10,12,15H2,1-5H3,(H,26,29)/t17-/m0/s1. The molecule has 0 saturated carbocycles. The zero-order valence-corrected chi connectivity index (χ0v) is 20.4. The second-order valence-corrected chi connectivity index (χ2v) is 8.60. The summed E-state index contributed by atoms with van der Waals surface area (Å²) >= 11 is 3.47. The maximum Gasteiger partial charge on any atom is 0.242 e. The van der Waals surface area contributed by atoms with Gasteiger partial charge in [0.2, 0.25) is 11.8 Å². The molecule has 0 fully saturated rings. The molecule has 168 valence electrons. The van der Waals surface area contributed by atoms with Crippen LogP contribution in [0.25, 0.3) is 0 Å². The van der Waals surface area contributed by atoms with Gasteiger partial charge >= 0.3 is 0 Å². The summed E-state index contributed by atoms with van der Waals surface area (Å²) in [6.45, 7) is 5.94. The molecule has 31 heavy (non-hydrogen) atoms. The number of halogens is 1. The predicted octanol–water partition coefficient (Wildman–Crippen LogP) is 4.34. The number of aryl methyl sites for hydroxylation is 1. The summed E-state index contributed by atoms with van der Waals surface area (Å²) < 4.78 is 11.6. The zero-order valence-electron chi connectivity index (χ0n) is 18.8. The number of hydrogen-bond acceptors (Lipinski definition) is 4. The predicted molar refractivity (Wildman–Crippen MR) is 125 cm³/mol. The third-order valence-corrected chi connectivity index (χ3v) is 5.41. The van der Waals surface area contributed by atoms with Crippen molar-refractivity contribution in [3.63, 3.8) is 0 Å². The Hall–Kier alpha value is -2.54. The van der Waals surface area contributed by atoms with Crippen molar-refractivity contribution in [1.82, 2.24) is 10.2 Å². The van der Waals surface area contributed by atoms with Crippen LogP contribution in [0.1, 0.15) is 38.3 Å². The molecule has 7 heteroatoms. The van der Waals surface area contributed by atoms with Gasteiger partial charge in [0.1, 0.15) is 6.04 Å². The van der Waals surface area contributed by atoms with Crippen molar-refractivity contribution in [2.45, 2.75) is 52.2 Å². The zero-order chi connectivity index (χ0) is 23.0. The van der Waals surface area contributed by atoms with Crippen molar-refractivity contribution in [1.29, 1.82) is 0 Å². The van der Waals surface area contributed by atoms with Gasteiger partial charge in [0.05, 0.1) is 14.2 Å². The molecule has 0 unspecified atom stereocenters. The topological polar surface area (TPSA) is 67.9 Å². The van der Waals surface area contributed by atoms with Gasteiger partial charge in [-0.3, -0.25) is 9.59 Å². The van der Waals surface area contributed by atoms with E-state index in [0.717, 1.165) is 15.6 Å². The number of carbonyl (C=O) groups is 2. The van der Waals surface area contributed by atoms with Crippen LogP contribution in [0, 0.1) is 0 Å². The highest BCUT2D eigenvalue weighted by Gasteiger charge is 2.26. The van der Waals surface area contributed by atoms with Crippen LogP contribution in [0.4, 0.5) is 0 Å². The van der Waals surface area contributed by atoms with Crippen LogP contribution in [0.5, 0.6) is 11.5 Å². The van der Waals surface area contributed by atoms with Gasteiger partial charge in [-0.25, -0.2) is 0 Å². The van der Waals surface area contributed by atoms with Crippen LogP contribution in [0.2, 0.25) is 0 Å². The summed E-state index contributed by atoms with van der Waals surface area (Å²) in [5, 5.41) is 2.90. The van der Waals surface area contributed by atoms with E-state index in [0.29, 0.717) is 24.5 Å². The average Bonchev–Trinajstić information content (AvgIpc) is 2.74. The lowest BCUT2D eigenvalue weighted by atomic mass is 10.1. The number of carbonyl (C=O) groups excluding carboxylic acids is 2. The molecule has 0 aliphatic rings. The van der Waals surface area contributed by atoms with Crippen molar-refractivity contribution in [3.8, 4) is 11.5 Å². The largest absolute Gasteiger partial charge is 0.493 e. The number of benzene rings is 2. The Kier molecular flexibility index (Phi) is 9.37. The van der Waals surface area contributed by atoms with Crippen LogP contribution >= 0.6 is 15.9 Å². The first-order valence-corrected chi connectivity index (χ1v) is 11.1. The molecule has 1 atom stereocenters. The summed E-state index contributed by atoms with van der Waals surface area (Å²) in [7, 11) is 3.17. The maximum absolute atomic E-state index is 13.2. The minimum Gasteiger partial charge on any atom is -0.493 e. The van der Waals surface area contributed by atoms with Gasteiger partial charge < -0.3 is 19.7 Å². The summed E-state index contributed by atoms with van der Waals surface area (Å²) in [6.07, 6.45) is 0.815. The van der Waals surface area contributed by atoms with Crippen molar-refractivity contribution >= 4 is 27.7 Å². The van der Waals surface area contributed by atoms with E-state index >= 15 is 0 Å². The summed E-state index contributed by atoms with van der Waals surface area (Å²) in [5.74, 6) is 1.03. The SMILES string of the molecule is COc1ccc(CCC(=O)N(Cc2cccc(Br)c2)[C@@H](C)C(=O)NC(C)C)cc1OC. The lowest BCUT2D eigenvalue weighted by Gasteiger charge is -2.29. The third kappa shape index (κ3) is 7.28. The Bertz CT molecular complexity index is 901. The van der Waals surface area contributed by atoms with Gasteiger partial charge in [0, 0.05) is 23.5 Å². The first-order chi connectivity index (χ1) is 14.7. The molecule has 0 bridgehead atoms. The molecule has 0 aromatic heterocycles. The summed E-state index contributed by atoms with van der Waals surface area (Å²) in [5.41, 5.74) is 1.92. The Morgan fingerprint density at radius 1 is 1.00 bits per heavy atom. The number of methoxy groups -OCH3 is 2. The highest BCUT2D eigenvalue weighted by atomic mass is 79.9. The molecule has 0 spiro atoms. The quantitative estimate of drug-likeness (QED) is 0.537. The molecule has 0 radical (unpaired) electrons. The van der Waals surface area contributed by atoms with Crippen molar-refractivity contribution in [2.75, 3.05) is 14.2 Å². The van der Waals surface area contributed by atoms with E-state index in [1.807, 2.05) is 56.3 Å². The van der Waals surface area contributed by atoms with Gasteiger partial charge in [0.25, 0.3) is 0 Å². The molecule has 0 heterocycles. The fraction of sp³-hybridized carbons (Fsp3) is 0.417. The fourth-order valence-electron chi connectivity index (χ4n) is 3.25. The highest BCUT2D eigenvalue weighted by molar-refractivity contribution is 9.10. The van der Waals surface area contributed by atoms with E-state index in [9.17, 15) is 9.59 Å². The lowest BCUT2D eigenvalue weighted by Crippen LogP contribution is -2.49. The summed E-state index contributed by atoms with van der Waals surface area (Å²) in [4.78, 5) is 27.5. The number of nitrogens with one attached hydrogen (secondary N) is 1. The number of amides is 2. The Morgan fingerprint density at radius 3 is 2.32 bits per heavy atom. The van der Waals surface area contributed by atoms with Crippen LogP contribution in [-0.4, -0.2) is 43.0 Å². The number of rotatable bonds is 10. The van der Waals surface area contributed by atoms with Crippen LogP contribution in [-0.2, 0) is 22.6 Å². The van der Waals surface area contributed by atoms with Crippen molar-refractivity contribution in [3.05, 3.63) is 58.1 Å². The molecular weight excluding hydrogens is 460 g/mol. The minimum atomic E-state index is -0.584. The van der Waals surface area contributed by atoms with Crippen LogP contribution < -0.4 is 14.8 Å². The van der Waals surface area contributed by atoms with E-state index in [4.69, 9.17) is 9.47 Å². The Morgan fingerprint density at radius 2 is 1.71 bits per heavy atom. The van der Waals surface area contributed by atoms with Gasteiger partial charge in [-0.1, -0.05) is 34.1 Å². The molecule has 2 aromatic carbocycles. The Labute approximate surface area is 193 Å². The van der Waals surface area contributed by atoms with Crippen molar-refractivity contribution < 1.29 is 19.1 Å².